The molecular weight excluding hydrogens is 282 g/mol. The summed E-state index contributed by atoms with van der Waals surface area (Å²) in [5.41, 5.74) is 0.803. The molecule has 0 spiro atoms. The fourth-order valence-corrected chi connectivity index (χ4v) is 3.60. The van der Waals surface area contributed by atoms with Crippen LogP contribution in [0.1, 0.15) is 32.3 Å². The van der Waals surface area contributed by atoms with Crippen molar-refractivity contribution in [3.63, 3.8) is 0 Å². The van der Waals surface area contributed by atoms with Crippen molar-refractivity contribution in [2.24, 2.45) is 5.41 Å². The number of rotatable bonds is 8. The van der Waals surface area contributed by atoms with Crippen molar-refractivity contribution in [2.45, 2.75) is 44.6 Å². The average Bonchev–Trinajstić information content (AvgIpc) is 2.38. The van der Waals surface area contributed by atoms with Gasteiger partial charge < -0.3 is 0 Å². The molecule has 0 heterocycles. The molecular formula is C17H25NO2S. The van der Waals surface area contributed by atoms with Crippen molar-refractivity contribution < 1.29 is 8.42 Å². The lowest BCUT2D eigenvalue weighted by Crippen LogP contribution is -2.44. The maximum Gasteiger partial charge on any atom is 0.240 e. The molecule has 21 heavy (non-hydrogen) atoms. The van der Waals surface area contributed by atoms with Gasteiger partial charge in [0.05, 0.1) is 4.90 Å². The molecule has 4 heteroatoms. The normalized spacial score (nSPS) is 13.7. The maximum absolute atomic E-state index is 12.5. The molecule has 1 atom stereocenters. The van der Waals surface area contributed by atoms with Crippen molar-refractivity contribution >= 4 is 10.0 Å². The van der Waals surface area contributed by atoms with Crippen molar-refractivity contribution in [3.05, 3.63) is 55.1 Å². The molecule has 1 N–H and O–H groups in total. The van der Waals surface area contributed by atoms with Gasteiger partial charge in [-0.15, -0.1) is 13.2 Å². The molecule has 0 radical (unpaired) electrons. The predicted molar refractivity (Wildman–Crippen MR) is 88.7 cm³/mol. The standard InChI is InChI=1S/C17H25NO2S/c1-6-8-16(17(4,5)13-7-2)18-21(19,20)15-11-9-14(3)10-12-15/h6-7,9-12,16,18H,1-2,8,13H2,3-5H3. The van der Waals surface area contributed by atoms with E-state index in [2.05, 4.69) is 17.9 Å². The van der Waals surface area contributed by atoms with E-state index in [9.17, 15) is 8.42 Å². The smallest absolute Gasteiger partial charge is 0.207 e. The van der Waals surface area contributed by atoms with Crippen LogP contribution in [-0.4, -0.2) is 14.5 Å². The van der Waals surface area contributed by atoms with E-state index in [0.717, 1.165) is 12.0 Å². The van der Waals surface area contributed by atoms with Crippen LogP contribution in [0, 0.1) is 12.3 Å². The molecule has 0 aliphatic carbocycles. The minimum Gasteiger partial charge on any atom is -0.207 e. The Morgan fingerprint density at radius 2 is 1.76 bits per heavy atom. The van der Waals surface area contributed by atoms with Crippen LogP contribution >= 0.6 is 0 Å². The van der Waals surface area contributed by atoms with Crippen LogP contribution in [0.5, 0.6) is 0 Å². The van der Waals surface area contributed by atoms with Crippen LogP contribution < -0.4 is 4.72 Å². The molecule has 0 saturated carbocycles. The van der Waals surface area contributed by atoms with Crippen molar-refractivity contribution in [3.8, 4) is 0 Å². The molecule has 0 aliphatic rings. The number of sulfonamides is 1. The quantitative estimate of drug-likeness (QED) is 0.742. The molecule has 0 bridgehead atoms. The molecule has 0 amide bonds. The molecule has 0 aromatic heterocycles. The van der Waals surface area contributed by atoms with E-state index in [-0.39, 0.29) is 16.4 Å². The highest BCUT2D eigenvalue weighted by atomic mass is 32.2. The summed E-state index contributed by atoms with van der Waals surface area (Å²) < 4.78 is 27.8. The summed E-state index contributed by atoms with van der Waals surface area (Å²) in [6.45, 7) is 13.5. The van der Waals surface area contributed by atoms with Gasteiger partial charge in [0.15, 0.2) is 0 Å². The second-order valence-corrected chi connectivity index (χ2v) is 7.71. The summed E-state index contributed by atoms with van der Waals surface area (Å²) >= 11 is 0. The van der Waals surface area contributed by atoms with Crippen LogP contribution in [0.4, 0.5) is 0 Å². The van der Waals surface area contributed by atoms with Gasteiger partial charge in [-0.1, -0.05) is 43.7 Å². The van der Waals surface area contributed by atoms with Crippen LogP contribution in [0.2, 0.25) is 0 Å². The number of nitrogens with one attached hydrogen (secondary N) is 1. The first kappa shape index (κ1) is 17.7. The Morgan fingerprint density at radius 1 is 1.19 bits per heavy atom. The summed E-state index contributed by atoms with van der Waals surface area (Å²) in [5, 5.41) is 0. The SMILES string of the molecule is C=CCC(NS(=O)(=O)c1ccc(C)cc1)C(C)(C)CC=C. The summed E-state index contributed by atoms with van der Waals surface area (Å²) in [4.78, 5) is 0.288. The number of allylic oxidation sites excluding steroid dienone is 1. The molecule has 116 valence electrons. The van der Waals surface area contributed by atoms with Gasteiger partial charge in [0.25, 0.3) is 0 Å². The largest absolute Gasteiger partial charge is 0.240 e. The average molecular weight is 307 g/mol. The fourth-order valence-electron chi connectivity index (χ4n) is 2.18. The monoisotopic (exact) mass is 307 g/mol. The molecule has 1 aromatic rings. The zero-order valence-electron chi connectivity index (χ0n) is 13.1. The molecule has 1 aromatic carbocycles. The Kier molecular flexibility index (Phi) is 5.93. The third-order valence-corrected chi connectivity index (χ3v) is 5.13. The lowest BCUT2D eigenvalue weighted by atomic mass is 9.80. The van der Waals surface area contributed by atoms with Crippen LogP contribution in [0.3, 0.4) is 0 Å². The van der Waals surface area contributed by atoms with Crippen LogP contribution in [0.25, 0.3) is 0 Å². The van der Waals surface area contributed by atoms with Gasteiger partial charge in [0.2, 0.25) is 10.0 Å². The van der Waals surface area contributed by atoms with Gasteiger partial charge in [-0.05, 0) is 37.3 Å². The number of hydrogen-bond donors (Lipinski definition) is 1. The topological polar surface area (TPSA) is 46.2 Å². The maximum atomic E-state index is 12.5. The second-order valence-electron chi connectivity index (χ2n) is 5.99. The third kappa shape index (κ3) is 4.83. The summed E-state index contributed by atoms with van der Waals surface area (Å²) in [6, 6.07) is 6.63. The Morgan fingerprint density at radius 3 is 2.24 bits per heavy atom. The van der Waals surface area contributed by atoms with Gasteiger partial charge in [-0.25, -0.2) is 13.1 Å². The first-order chi connectivity index (χ1) is 9.73. The van der Waals surface area contributed by atoms with E-state index in [0.29, 0.717) is 6.42 Å². The van der Waals surface area contributed by atoms with Gasteiger partial charge in [0, 0.05) is 6.04 Å². The predicted octanol–water partition coefficient (Wildman–Crippen LogP) is 3.82. The zero-order valence-corrected chi connectivity index (χ0v) is 13.9. The molecule has 1 rings (SSSR count). The van der Waals surface area contributed by atoms with Gasteiger partial charge in [-0.2, -0.15) is 0 Å². The van der Waals surface area contributed by atoms with Crippen molar-refractivity contribution in [2.75, 3.05) is 0 Å². The van der Waals surface area contributed by atoms with Crippen molar-refractivity contribution in [1.29, 1.82) is 0 Å². The van der Waals surface area contributed by atoms with Gasteiger partial charge >= 0.3 is 0 Å². The highest BCUT2D eigenvalue weighted by Crippen LogP contribution is 2.29. The third-order valence-electron chi connectivity index (χ3n) is 3.64. The Balaban J connectivity index is 3.04. The number of benzene rings is 1. The summed E-state index contributed by atoms with van der Waals surface area (Å²) in [7, 11) is -3.53. The second kappa shape index (κ2) is 7.05. The minimum absolute atomic E-state index is 0.223. The summed E-state index contributed by atoms with van der Waals surface area (Å²) in [5.74, 6) is 0. The fraction of sp³-hybridized carbons (Fsp3) is 0.412. The van der Waals surface area contributed by atoms with Crippen LogP contribution in [0.15, 0.2) is 54.5 Å². The first-order valence-corrected chi connectivity index (χ1v) is 8.52. The van der Waals surface area contributed by atoms with E-state index in [1.54, 1.807) is 30.3 Å². The number of hydrogen-bond acceptors (Lipinski definition) is 2. The Hall–Kier alpha value is -1.39. The van der Waals surface area contributed by atoms with Crippen molar-refractivity contribution in [1.82, 2.24) is 4.72 Å². The Bertz CT molecular complexity index is 586. The lowest BCUT2D eigenvalue weighted by Gasteiger charge is -2.33. The zero-order chi connectivity index (χ0) is 16.1. The van der Waals surface area contributed by atoms with E-state index < -0.39 is 10.0 Å². The van der Waals surface area contributed by atoms with E-state index in [1.165, 1.54) is 0 Å². The van der Waals surface area contributed by atoms with Gasteiger partial charge in [-0.3, -0.25) is 0 Å². The molecule has 0 saturated heterocycles. The van der Waals surface area contributed by atoms with E-state index in [4.69, 9.17) is 0 Å². The molecule has 0 aliphatic heterocycles. The molecule has 1 unspecified atom stereocenters. The lowest BCUT2D eigenvalue weighted by molar-refractivity contribution is 0.271. The Labute approximate surface area is 128 Å². The first-order valence-electron chi connectivity index (χ1n) is 7.04. The van der Waals surface area contributed by atoms with E-state index in [1.807, 2.05) is 26.8 Å². The minimum atomic E-state index is -3.53. The highest BCUT2D eigenvalue weighted by Gasteiger charge is 2.31. The molecule has 0 fully saturated rings. The number of aryl methyl sites for hydroxylation is 1. The summed E-state index contributed by atoms with van der Waals surface area (Å²) in [6.07, 6.45) is 4.86. The van der Waals surface area contributed by atoms with E-state index >= 15 is 0 Å². The highest BCUT2D eigenvalue weighted by molar-refractivity contribution is 7.89. The molecule has 3 nitrogen and oxygen atoms in total. The van der Waals surface area contributed by atoms with Crippen LogP contribution in [-0.2, 0) is 10.0 Å². The van der Waals surface area contributed by atoms with Gasteiger partial charge in [0.1, 0.15) is 0 Å².